The smallest absolute Gasteiger partial charge is 0.0584 e. The third-order valence-electron chi connectivity index (χ3n) is 1.69. The Hall–Kier alpha value is -0.0800. The lowest BCUT2D eigenvalue weighted by atomic mass is 10.2. The first-order valence-corrected chi connectivity index (χ1v) is 4.57. The van der Waals surface area contributed by atoms with Gasteiger partial charge in [0.2, 0.25) is 0 Å². The zero-order chi connectivity index (χ0) is 8.53. The van der Waals surface area contributed by atoms with E-state index < -0.39 is 0 Å². The molecule has 0 aromatic rings. The van der Waals surface area contributed by atoms with Gasteiger partial charge in [-0.2, -0.15) is 0 Å². The van der Waals surface area contributed by atoms with Crippen molar-refractivity contribution in [2.24, 2.45) is 0 Å². The quantitative estimate of drug-likeness (QED) is 0.635. The second-order valence-electron chi connectivity index (χ2n) is 2.84. The summed E-state index contributed by atoms with van der Waals surface area (Å²) in [5.41, 5.74) is 0. The Morgan fingerprint density at radius 2 is 1.64 bits per heavy atom. The van der Waals surface area contributed by atoms with Gasteiger partial charge in [-0.15, -0.1) is 0 Å². The van der Waals surface area contributed by atoms with Gasteiger partial charge in [-0.3, -0.25) is 0 Å². The highest BCUT2D eigenvalue weighted by atomic mass is 16.5. The zero-order valence-electron chi connectivity index (χ0n) is 7.68. The van der Waals surface area contributed by atoms with Gasteiger partial charge in [0.1, 0.15) is 0 Å². The summed E-state index contributed by atoms with van der Waals surface area (Å²) in [7, 11) is 0. The summed E-state index contributed by atoms with van der Waals surface area (Å²) in [6.07, 6.45) is 4.19. The Morgan fingerprint density at radius 1 is 1.18 bits per heavy atom. The van der Waals surface area contributed by atoms with Gasteiger partial charge in [-0.05, 0) is 12.8 Å². The molecule has 0 aromatic carbocycles. The number of hydrogen-bond acceptors (Lipinski definition) is 2. The van der Waals surface area contributed by atoms with E-state index in [4.69, 9.17) is 9.84 Å². The van der Waals surface area contributed by atoms with E-state index in [1.54, 1.807) is 0 Å². The van der Waals surface area contributed by atoms with Gasteiger partial charge in [0.25, 0.3) is 0 Å². The molecule has 0 amide bonds. The molecular formula is C9H20O2. The highest BCUT2D eigenvalue weighted by molar-refractivity contribution is 4.58. The molecule has 0 atom stereocenters. The van der Waals surface area contributed by atoms with E-state index in [1.165, 1.54) is 12.8 Å². The molecule has 0 spiro atoms. The summed E-state index contributed by atoms with van der Waals surface area (Å²) in [5, 5.41) is 8.83. The van der Waals surface area contributed by atoms with E-state index in [9.17, 15) is 0 Å². The molecule has 2 nitrogen and oxygen atoms in total. The van der Waals surface area contributed by atoms with Gasteiger partial charge in [-0.1, -0.05) is 26.7 Å². The minimum Gasteiger partial charge on any atom is -0.393 e. The Bertz CT molecular complexity index is 66.0. The molecule has 11 heavy (non-hydrogen) atoms. The largest absolute Gasteiger partial charge is 0.393 e. The van der Waals surface area contributed by atoms with E-state index in [2.05, 4.69) is 13.8 Å². The maximum Gasteiger partial charge on any atom is 0.0584 e. The summed E-state index contributed by atoms with van der Waals surface area (Å²) in [6, 6.07) is 0. The van der Waals surface area contributed by atoms with Crippen molar-refractivity contribution >= 4 is 0 Å². The molecule has 0 bridgehead atoms. The number of hydrogen-bond donors (Lipinski definition) is 1. The Morgan fingerprint density at radius 3 is 1.82 bits per heavy atom. The SMILES string of the molecule is CCCC.OC1CCOCC1. The molecule has 0 aromatic heterocycles. The van der Waals surface area contributed by atoms with Crippen LogP contribution in [0, 0.1) is 0 Å². The second-order valence-corrected chi connectivity index (χ2v) is 2.84. The standard InChI is InChI=1S/C5H10O2.C4H10/c6-5-1-3-7-4-2-5;1-3-4-2/h5-6H,1-4H2;3-4H2,1-2H3. The van der Waals surface area contributed by atoms with Crippen LogP contribution in [0.3, 0.4) is 0 Å². The fourth-order valence-electron chi connectivity index (χ4n) is 0.685. The molecule has 1 N–H and O–H groups in total. The molecule has 0 unspecified atom stereocenters. The molecule has 2 heteroatoms. The number of unbranched alkanes of at least 4 members (excludes halogenated alkanes) is 1. The van der Waals surface area contributed by atoms with Crippen LogP contribution in [0.25, 0.3) is 0 Å². The van der Waals surface area contributed by atoms with Crippen LogP contribution < -0.4 is 0 Å². The van der Waals surface area contributed by atoms with Crippen LogP contribution in [0.2, 0.25) is 0 Å². The molecule has 68 valence electrons. The van der Waals surface area contributed by atoms with Crippen molar-refractivity contribution in [2.75, 3.05) is 13.2 Å². The highest BCUT2D eigenvalue weighted by Gasteiger charge is 2.07. The molecule has 0 saturated carbocycles. The molecule has 0 aliphatic carbocycles. The summed E-state index contributed by atoms with van der Waals surface area (Å²) in [4.78, 5) is 0. The Kier molecular flexibility index (Phi) is 7.96. The summed E-state index contributed by atoms with van der Waals surface area (Å²) in [6.45, 7) is 5.84. The topological polar surface area (TPSA) is 29.5 Å². The normalized spacial score (nSPS) is 18.8. The minimum atomic E-state index is -0.0891. The van der Waals surface area contributed by atoms with Crippen LogP contribution in [0.5, 0.6) is 0 Å². The molecule has 1 heterocycles. The number of ether oxygens (including phenoxy) is 1. The van der Waals surface area contributed by atoms with E-state index >= 15 is 0 Å². The van der Waals surface area contributed by atoms with Crippen molar-refractivity contribution in [3.05, 3.63) is 0 Å². The van der Waals surface area contributed by atoms with Gasteiger partial charge in [0.05, 0.1) is 6.10 Å². The maximum absolute atomic E-state index is 8.83. The predicted octanol–water partition coefficient (Wildman–Crippen LogP) is 1.96. The maximum atomic E-state index is 8.83. The van der Waals surface area contributed by atoms with Crippen molar-refractivity contribution in [3.8, 4) is 0 Å². The van der Waals surface area contributed by atoms with Gasteiger partial charge in [0.15, 0.2) is 0 Å². The van der Waals surface area contributed by atoms with Crippen molar-refractivity contribution in [1.29, 1.82) is 0 Å². The molecule has 1 fully saturated rings. The van der Waals surface area contributed by atoms with Crippen LogP contribution >= 0.6 is 0 Å². The summed E-state index contributed by atoms with van der Waals surface area (Å²) < 4.78 is 4.98. The summed E-state index contributed by atoms with van der Waals surface area (Å²) in [5.74, 6) is 0. The van der Waals surface area contributed by atoms with Gasteiger partial charge >= 0.3 is 0 Å². The molecular weight excluding hydrogens is 140 g/mol. The molecule has 1 aliphatic rings. The van der Waals surface area contributed by atoms with Crippen LogP contribution in [0.4, 0.5) is 0 Å². The third-order valence-corrected chi connectivity index (χ3v) is 1.69. The highest BCUT2D eigenvalue weighted by Crippen LogP contribution is 2.04. The molecule has 0 radical (unpaired) electrons. The minimum absolute atomic E-state index is 0.0891. The zero-order valence-corrected chi connectivity index (χ0v) is 7.68. The van der Waals surface area contributed by atoms with Gasteiger partial charge in [-0.25, -0.2) is 0 Å². The van der Waals surface area contributed by atoms with Gasteiger partial charge in [0, 0.05) is 13.2 Å². The predicted molar refractivity (Wildman–Crippen MR) is 46.6 cm³/mol. The third kappa shape index (κ3) is 7.82. The van der Waals surface area contributed by atoms with E-state index in [-0.39, 0.29) is 6.10 Å². The number of aliphatic hydroxyl groups excluding tert-OH is 1. The van der Waals surface area contributed by atoms with Crippen LogP contribution in [-0.2, 0) is 4.74 Å². The lowest BCUT2D eigenvalue weighted by Crippen LogP contribution is -2.19. The Balaban J connectivity index is 0.000000218. The lowest BCUT2D eigenvalue weighted by Gasteiger charge is -2.15. The molecule has 1 saturated heterocycles. The fourth-order valence-corrected chi connectivity index (χ4v) is 0.685. The molecule has 1 aliphatic heterocycles. The summed E-state index contributed by atoms with van der Waals surface area (Å²) >= 11 is 0. The van der Waals surface area contributed by atoms with Crippen molar-refractivity contribution in [3.63, 3.8) is 0 Å². The fraction of sp³-hybridized carbons (Fsp3) is 1.00. The monoisotopic (exact) mass is 160 g/mol. The van der Waals surface area contributed by atoms with Gasteiger partial charge < -0.3 is 9.84 Å². The Labute approximate surface area is 69.6 Å². The van der Waals surface area contributed by atoms with Crippen LogP contribution in [-0.4, -0.2) is 24.4 Å². The average molecular weight is 160 g/mol. The first-order chi connectivity index (χ1) is 5.31. The van der Waals surface area contributed by atoms with E-state index in [0.717, 1.165) is 26.1 Å². The van der Waals surface area contributed by atoms with Crippen molar-refractivity contribution in [2.45, 2.75) is 45.6 Å². The second kappa shape index (κ2) is 8.02. The first-order valence-electron chi connectivity index (χ1n) is 4.57. The van der Waals surface area contributed by atoms with E-state index in [1.807, 2.05) is 0 Å². The lowest BCUT2D eigenvalue weighted by molar-refractivity contribution is 0.0140. The first kappa shape index (κ1) is 10.9. The van der Waals surface area contributed by atoms with Crippen molar-refractivity contribution < 1.29 is 9.84 Å². The number of aliphatic hydroxyl groups is 1. The number of rotatable bonds is 1. The van der Waals surface area contributed by atoms with E-state index in [0.29, 0.717) is 0 Å². The van der Waals surface area contributed by atoms with Crippen LogP contribution in [0.1, 0.15) is 39.5 Å². The molecule has 1 rings (SSSR count). The average Bonchev–Trinajstić information content (AvgIpc) is 2.07. The van der Waals surface area contributed by atoms with Crippen LogP contribution in [0.15, 0.2) is 0 Å². The van der Waals surface area contributed by atoms with Crippen molar-refractivity contribution in [1.82, 2.24) is 0 Å².